The van der Waals surface area contributed by atoms with Gasteiger partial charge in [0.15, 0.2) is 0 Å². The van der Waals surface area contributed by atoms with Crippen molar-refractivity contribution in [3.63, 3.8) is 0 Å². The molecule has 1 heterocycles. The van der Waals surface area contributed by atoms with E-state index < -0.39 is 18.0 Å². The number of nitrogens with zero attached hydrogens (tertiary/aromatic N) is 2. The molecule has 2 N–H and O–H groups in total. The van der Waals surface area contributed by atoms with Crippen molar-refractivity contribution in [3.8, 4) is 0 Å². The summed E-state index contributed by atoms with van der Waals surface area (Å²) in [6.07, 6.45) is 3.30. The number of carbonyl (C=O) groups excluding carboxylic acids is 1. The molecule has 1 aromatic rings. The SMILES string of the molecule is CC(C)C(NC(=O)N(C)Cc1ccncc1)C(=O)O. The van der Waals surface area contributed by atoms with Crippen LogP contribution in [0, 0.1) is 5.92 Å². The Morgan fingerprint density at radius 2 is 1.95 bits per heavy atom. The second-order valence-electron chi connectivity index (χ2n) is 4.72. The standard InChI is InChI=1S/C13H19N3O3/c1-9(2)11(12(17)18)15-13(19)16(3)8-10-4-6-14-7-5-10/h4-7,9,11H,8H2,1-3H3,(H,15,19)(H,17,18). The molecular weight excluding hydrogens is 246 g/mol. The molecule has 0 aliphatic heterocycles. The fourth-order valence-electron chi connectivity index (χ4n) is 1.59. The first-order chi connectivity index (χ1) is 8.91. The summed E-state index contributed by atoms with van der Waals surface area (Å²) in [5.41, 5.74) is 0.934. The molecule has 0 saturated heterocycles. The Morgan fingerprint density at radius 3 is 2.42 bits per heavy atom. The van der Waals surface area contributed by atoms with Crippen LogP contribution in [0.15, 0.2) is 24.5 Å². The van der Waals surface area contributed by atoms with Crippen molar-refractivity contribution in [3.05, 3.63) is 30.1 Å². The summed E-state index contributed by atoms with van der Waals surface area (Å²) >= 11 is 0. The average molecular weight is 265 g/mol. The quantitative estimate of drug-likeness (QED) is 0.841. The Balaban J connectivity index is 2.60. The van der Waals surface area contributed by atoms with Gasteiger partial charge in [-0.1, -0.05) is 13.8 Å². The number of hydrogen-bond donors (Lipinski definition) is 2. The van der Waals surface area contributed by atoms with Crippen LogP contribution >= 0.6 is 0 Å². The zero-order valence-corrected chi connectivity index (χ0v) is 11.3. The highest BCUT2D eigenvalue weighted by Crippen LogP contribution is 2.05. The lowest BCUT2D eigenvalue weighted by molar-refractivity contribution is -0.140. The summed E-state index contributed by atoms with van der Waals surface area (Å²) in [7, 11) is 1.62. The fraction of sp³-hybridized carbons (Fsp3) is 0.462. The van der Waals surface area contributed by atoms with Gasteiger partial charge in [0.1, 0.15) is 6.04 Å². The summed E-state index contributed by atoms with van der Waals surface area (Å²) < 4.78 is 0. The molecule has 19 heavy (non-hydrogen) atoms. The number of carbonyl (C=O) groups is 2. The van der Waals surface area contributed by atoms with E-state index in [1.807, 2.05) is 0 Å². The number of hydrogen-bond acceptors (Lipinski definition) is 3. The number of rotatable bonds is 5. The molecule has 0 aliphatic rings. The van der Waals surface area contributed by atoms with Crippen LogP contribution in [0.4, 0.5) is 4.79 Å². The second-order valence-corrected chi connectivity index (χ2v) is 4.72. The largest absolute Gasteiger partial charge is 0.480 e. The third kappa shape index (κ3) is 4.57. The van der Waals surface area contributed by atoms with Crippen LogP contribution in [0.25, 0.3) is 0 Å². The summed E-state index contributed by atoms with van der Waals surface area (Å²) in [5, 5.41) is 11.5. The Kier molecular flexibility index (Phi) is 5.29. The van der Waals surface area contributed by atoms with Crippen LogP contribution in [-0.2, 0) is 11.3 Å². The van der Waals surface area contributed by atoms with Crippen LogP contribution in [0.5, 0.6) is 0 Å². The first-order valence-electron chi connectivity index (χ1n) is 6.05. The normalized spacial score (nSPS) is 12.0. The van der Waals surface area contributed by atoms with Crippen molar-refractivity contribution < 1.29 is 14.7 Å². The molecule has 104 valence electrons. The Morgan fingerprint density at radius 1 is 1.37 bits per heavy atom. The third-order valence-corrected chi connectivity index (χ3v) is 2.73. The molecule has 0 fully saturated rings. The van der Waals surface area contributed by atoms with Gasteiger partial charge in [-0.2, -0.15) is 0 Å². The summed E-state index contributed by atoms with van der Waals surface area (Å²) in [4.78, 5) is 28.3. The number of aromatic nitrogens is 1. The fourth-order valence-corrected chi connectivity index (χ4v) is 1.59. The molecular formula is C13H19N3O3. The predicted molar refractivity (Wildman–Crippen MR) is 70.5 cm³/mol. The molecule has 6 nitrogen and oxygen atoms in total. The monoisotopic (exact) mass is 265 g/mol. The third-order valence-electron chi connectivity index (χ3n) is 2.73. The second kappa shape index (κ2) is 6.72. The van der Waals surface area contributed by atoms with E-state index in [9.17, 15) is 9.59 Å². The smallest absolute Gasteiger partial charge is 0.326 e. The maximum absolute atomic E-state index is 11.9. The van der Waals surface area contributed by atoms with Gasteiger partial charge in [0.25, 0.3) is 0 Å². The van der Waals surface area contributed by atoms with E-state index in [-0.39, 0.29) is 5.92 Å². The molecule has 2 amide bonds. The number of carboxylic acids is 1. The van der Waals surface area contributed by atoms with E-state index in [0.717, 1.165) is 5.56 Å². The molecule has 1 aromatic heterocycles. The van der Waals surface area contributed by atoms with Gasteiger partial charge in [-0.15, -0.1) is 0 Å². The van der Waals surface area contributed by atoms with Crippen LogP contribution in [-0.4, -0.2) is 40.1 Å². The molecule has 6 heteroatoms. The number of urea groups is 1. The number of carboxylic acid groups (broad SMARTS) is 1. The van der Waals surface area contributed by atoms with Crippen molar-refractivity contribution in [1.29, 1.82) is 0 Å². The highest BCUT2D eigenvalue weighted by Gasteiger charge is 2.24. The topological polar surface area (TPSA) is 82.5 Å². The van der Waals surface area contributed by atoms with E-state index in [2.05, 4.69) is 10.3 Å². The van der Waals surface area contributed by atoms with Crippen LogP contribution in [0.3, 0.4) is 0 Å². The van der Waals surface area contributed by atoms with Crippen LogP contribution < -0.4 is 5.32 Å². The van der Waals surface area contributed by atoms with Crippen molar-refractivity contribution in [2.24, 2.45) is 5.92 Å². The molecule has 0 aromatic carbocycles. The van der Waals surface area contributed by atoms with Gasteiger partial charge in [-0.05, 0) is 23.6 Å². The first-order valence-corrected chi connectivity index (χ1v) is 6.05. The number of aliphatic carboxylic acids is 1. The maximum Gasteiger partial charge on any atom is 0.326 e. The first kappa shape index (κ1) is 14.9. The zero-order chi connectivity index (χ0) is 14.4. The summed E-state index contributed by atoms with van der Waals surface area (Å²) in [6, 6.07) is 2.33. The molecule has 1 atom stereocenters. The molecule has 0 spiro atoms. The maximum atomic E-state index is 11.9. The van der Waals surface area contributed by atoms with Gasteiger partial charge in [0.05, 0.1) is 0 Å². The van der Waals surface area contributed by atoms with Crippen molar-refractivity contribution >= 4 is 12.0 Å². The van der Waals surface area contributed by atoms with Crippen molar-refractivity contribution in [2.45, 2.75) is 26.4 Å². The molecule has 0 saturated carbocycles. The average Bonchev–Trinajstić information content (AvgIpc) is 2.35. The zero-order valence-electron chi connectivity index (χ0n) is 11.3. The molecule has 0 bridgehead atoms. The van der Waals surface area contributed by atoms with Gasteiger partial charge >= 0.3 is 12.0 Å². The van der Waals surface area contributed by atoms with E-state index in [0.29, 0.717) is 6.54 Å². The minimum absolute atomic E-state index is 0.171. The van der Waals surface area contributed by atoms with E-state index in [4.69, 9.17) is 5.11 Å². The molecule has 0 radical (unpaired) electrons. The molecule has 1 unspecified atom stereocenters. The van der Waals surface area contributed by atoms with E-state index >= 15 is 0 Å². The summed E-state index contributed by atoms with van der Waals surface area (Å²) in [6.45, 7) is 3.91. The molecule has 1 rings (SSSR count). The number of nitrogens with one attached hydrogen (secondary N) is 1. The van der Waals surface area contributed by atoms with E-state index in [1.54, 1.807) is 45.4 Å². The lowest BCUT2D eigenvalue weighted by Crippen LogP contribution is -2.48. The van der Waals surface area contributed by atoms with Gasteiger partial charge in [0, 0.05) is 26.0 Å². The van der Waals surface area contributed by atoms with Crippen molar-refractivity contribution in [1.82, 2.24) is 15.2 Å². The van der Waals surface area contributed by atoms with Gasteiger partial charge < -0.3 is 15.3 Å². The summed E-state index contributed by atoms with van der Waals surface area (Å²) in [5.74, 6) is -1.20. The Bertz CT molecular complexity index is 434. The van der Waals surface area contributed by atoms with E-state index in [1.165, 1.54) is 4.90 Å². The lowest BCUT2D eigenvalue weighted by atomic mass is 10.1. The van der Waals surface area contributed by atoms with Crippen LogP contribution in [0.2, 0.25) is 0 Å². The van der Waals surface area contributed by atoms with Crippen molar-refractivity contribution in [2.75, 3.05) is 7.05 Å². The minimum Gasteiger partial charge on any atom is -0.480 e. The van der Waals surface area contributed by atoms with Gasteiger partial charge in [-0.25, -0.2) is 9.59 Å². The lowest BCUT2D eigenvalue weighted by Gasteiger charge is -2.23. The Labute approximate surface area is 112 Å². The number of pyridine rings is 1. The van der Waals surface area contributed by atoms with Gasteiger partial charge in [-0.3, -0.25) is 4.98 Å². The molecule has 0 aliphatic carbocycles. The highest BCUT2D eigenvalue weighted by molar-refractivity contribution is 5.82. The predicted octanol–water partition coefficient (Wildman–Crippen LogP) is 1.33. The minimum atomic E-state index is -1.03. The van der Waals surface area contributed by atoms with Gasteiger partial charge in [0.2, 0.25) is 0 Å². The Hall–Kier alpha value is -2.11. The van der Waals surface area contributed by atoms with Crippen LogP contribution in [0.1, 0.15) is 19.4 Å². The number of amides is 2. The highest BCUT2D eigenvalue weighted by atomic mass is 16.4.